The molecule has 0 unspecified atom stereocenters. The Hall–Kier alpha value is -1.06. The van der Waals surface area contributed by atoms with E-state index in [2.05, 4.69) is 0 Å². The van der Waals surface area contributed by atoms with Crippen LogP contribution in [-0.4, -0.2) is 18.2 Å². The highest BCUT2D eigenvalue weighted by Crippen LogP contribution is 2.11. The molecule has 1 heterocycles. The molecule has 62 valence electrons. The first-order chi connectivity index (χ1) is 5.22. The van der Waals surface area contributed by atoms with E-state index in [0.29, 0.717) is 6.42 Å². The third kappa shape index (κ3) is 2.22. The zero-order valence-corrected chi connectivity index (χ0v) is 6.33. The van der Waals surface area contributed by atoms with Gasteiger partial charge < -0.3 is 9.47 Å². The Balaban J connectivity index is 2.43. The number of carbonyl (C=O) groups excluding carboxylic acids is 2. The van der Waals surface area contributed by atoms with Crippen molar-refractivity contribution in [3.63, 3.8) is 0 Å². The molecular weight excluding hydrogens is 148 g/mol. The number of ether oxygens (including phenoxy) is 2. The summed E-state index contributed by atoms with van der Waals surface area (Å²) in [6.45, 7) is 1.93. The van der Waals surface area contributed by atoms with Crippen LogP contribution in [0.2, 0.25) is 0 Å². The zero-order chi connectivity index (χ0) is 8.27. The number of esters is 2. The molecule has 0 aromatic rings. The second-order valence-electron chi connectivity index (χ2n) is 2.37. The largest absolute Gasteiger partial charge is 0.425 e. The molecule has 0 aromatic heterocycles. The standard InChI is InChI=1S/C7H10O4/c1-2-3-7-10-5(8)4-6(9)11-7/h7H,2-4H2,1H3. The lowest BCUT2D eigenvalue weighted by molar-refractivity contribution is -0.203. The predicted molar refractivity (Wildman–Crippen MR) is 35.5 cm³/mol. The van der Waals surface area contributed by atoms with Crippen LogP contribution in [0, 0.1) is 0 Å². The summed E-state index contributed by atoms with van der Waals surface area (Å²) in [6, 6.07) is 0. The van der Waals surface area contributed by atoms with Gasteiger partial charge in [0.25, 0.3) is 0 Å². The van der Waals surface area contributed by atoms with E-state index in [1.165, 1.54) is 0 Å². The summed E-state index contributed by atoms with van der Waals surface area (Å²) < 4.78 is 9.43. The maximum absolute atomic E-state index is 10.6. The van der Waals surface area contributed by atoms with Crippen molar-refractivity contribution < 1.29 is 19.1 Å². The number of hydrogen-bond acceptors (Lipinski definition) is 4. The van der Waals surface area contributed by atoms with Gasteiger partial charge in [0.2, 0.25) is 6.29 Å². The van der Waals surface area contributed by atoms with E-state index in [4.69, 9.17) is 9.47 Å². The first kappa shape index (κ1) is 8.04. The third-order valence-corrected chi connectivity index (χ3v) is 1.34. The summed E-state index contributed by atoms with van der Waals surface area (Å²) in [7, 11) is 0. The van der Waals surface area contributed by atoms with Gasteiger partial charge in [0, 0.05) is 6.42 Å². The minimum Gasteiger partial charge on any atom is -0.425 e. The first-order valence-electron chi connectivity index (χ1n) is 3.61. The number of carbonyl (C=O) groups is 2. The minimum atomic E-state index is -0.645. The van der Waals surface area contributed by atoms with Gasteiger partial charge in [-0.05, 0) is 6.42 Å². The molecule has 1 fully saturated rings. The van der Waals surface area contributed by atoms with E-state index in [1.54, 1.807) is 0 Å². The molecule has 0 aliphatic carbocycles. The fraction of sp³-hybridized carbons (Fsp3) is 0.714. The SMILES string of the molecule is CCCC1OC(=O)CC(=O)O1. The molecular formula is C7H10O4. The van der Waals surface area contributed by atoms with Gasteiger partial charge in [-0.15, -0.1) is 0 Å². The molecule has 0 saturated carbocycles. The molecule has 4 heteroatoms. The van der Waals surface area contributed by atoms with Crippen molar-refractivity contribution in [2.24, 2.45) is 0 Å². The fourth-order valence-electron chi connectivity index (χ4n) is 0.872. The maximum Gasteiger partial charge on any atom is 0.320 e. The van der Waals surface area contributed by atoms with Gasteiger partial charge in [0.1, 0.15) is 6.42 Å². The molecule has 0 atom stereocenters. The van der Waals surface area contributed by atoms with Gasteiger partial charge in [0.05, 0.1) is 0 Å². The van der Waals surface area contributed by atoms with E-state index in [-0.39, 0.29) is 6.42 Å². The van der Waals surface area contributed by atoms with Crippen molar-refractivity contribution in [3.8, 4) is 0 Å². The van der Waals surface area contributed by atoms with Crippen molar-refractivity contribution in [3.05, 3.63) is 0 Å². The monoisotopic (exact) mass is 158 g/mol. The van der Waals surface area contributed by atoms with E-state index in [1.807, 2.05) is 6.92 Å². The summed E-state index contributed by atoms with van der Waals surface area (Å²) in [4.78, 5) is 21.3. The lowest BCUT2D eigenvalue weighted by atomic mass is 10.3. The van der Waals surface area contributed by atoms with Crippen LogP contribution in [0.1, 0.15) is 26.2 Å². The summed E-state index contributed by atoms with van der Waals surface area (Å²) in [5.74, 6) is -0.973. The van der Waals surface area contributed by atoms with Crippen LogP contribution < -0.4 is 0 Å². The van der Waals surface area contributed by atoms with E-state index >= 15 is 0 Å². The molecule has 1 aliphatic rings. The number of hydrogen-bond donors (Lipinski definition) is 0. The molecule has 1 rings (SSSR count). The quantitative estimate of drug-likeness (QED) is 0.436. The summed E-state index contributed by atoms with van der Waals surface area (Å²) in [6.07, 6.45) is 0.511. The van der Waals surface area contributed by atoms with Crippen LogP contribution in [0.3, 0.4) is 0 Å². The van der Waals surface area contributed by atoms with Crippen molar-refractivity contribution >= 4 is 11.9 Å². The van der Waals surface area contributed by atoms with Crippen LogP contribution in [0.5, 0.6) is 0 Å². The van der Waals surface area contributed by atoms with Crippen LogP contribution in [0.4, 0.5) is 0 Å². The van der Waals surface area contributed by atoms with Crippen molar-refractivity contribution in [2.45, 2.75) is 32.5 Å². The van der Waals surface area contributed by atoms with Crippen LogP contribution in [0.25, 0.3) is 0 Å². The molecule has 1 saturated heterocycles. The maximum atomic E-state index is 10.6. The molecule has 0 aromatic carbocycles. The summed E-state index contributed by atoms with van der Waals surface area (Å²) >= 11 is 0. The molecule has 0 N–H and O–H groups in total. The topological polar surface area (TPSA) is 52.6 Å². The lowest BCUT2D eigenvalue weighted by Gasteiger charge is -2.21. The van der Waals surface area contributed by atoms with Crippen molar-refractivity contribution in [1.29, 1.82) is 0 Å². The summed E-state index contributed by atoms with van der Waals surface area (Å²) in [5, 5.41) is 0. The first-order valence-corrected chi connectivity index (χ1v) is 3.61. The molecule has 0 bridgehead atoms. The van der Waals surface area contributed by atoms with Crippen molar-refractivity contribution in [1.82, 2.24) is 0 Å². The average Bonchev–Trinajstić information content (AvgIpc) is 1.85. The molecule has 0 radical (unpaired) electrons. The Morgan fingerprint density at radius 3 is 2.36 bits per heavy atom. The van der Waals surface area contributed by atoms with E-state index in [0.717, 1.165) is 6.42 Å². The highest BCUT2D eigenvalue weighted by Gasteiger charge is 2.26. The van der Waals surface area contributed by atoms with E-state index < -0.39 is 18.2 Å². The summed E-state index contributed by atoms with van der Waals surface area (Å²) in [5.41, 5.74) is 0. The average molecular weight is 158 g/mol. The zero-order valence-electron chi connectivity index (χ0n) is 6.33. The molecule has 0 amide bonds. The fourth-order valence-corrected chi connectivity index (χ4v) is 0.872. The smallest absolute Gasteiger partial charge is 0.320 e. The minimum absolute atomic E-state index is 0.250. The van der Waals surface area contributed by atoms with Crippen LogP contribution in [0.15, 0.2) is 0 Å². The van der Waals surface area contributed by atoms with Gasteiger partial charge in [-0.1, -0.05) is 6.92 Å². The van der Waals surface area contributed by atoms with Gasteiger partial charge in [0.15, 0.2) is 0 Å². The number of rotatable bonds is 2. The molecule has 4 nitrogen and oxygen atoms in total. The number of cyclic esters (lactones) is 2. The Bertz CT molecular complexity index is 159. The predicted octanol–water partition coefficient (Wildman–Crippen LogP) is 0.603. The normalized spacial score (nSPS) is 19.4. The van der Waals surface area contributed by atoms with Gasteiger partial charge >= 0.3 is 11.9 Å². The Kier molecular flexibility index (Phi) is 2.46. The highest BCUT2D eigenvalue weighted by molar-refractivity contribution is 5.92. The molecule has 1 aliphatic heterocycles. The Labute approximate surface area is 64.5 Å². The van der Waals surface area contributed by atoms with Gasteiger partial charge in [-0.2, -0.15) is 0 Å². The lowest BCUT2D eigenvalue weighted by Crippen LogP contribution is -2.32. The Morgan fingerprint density at radius 2 is 1.91 bits per heavy atom. The second-order valence-corrected chi connectivity index (χ2v) is 2.37. The van der Waals surface area contributed by atoms with Crippen LogP contribution >= 0.6 is 0 Å². The van der Waals surface area contributed by atoms with Gasteiger partial charge in [-0.3, -0.25) is 9.59 Å². The molecule has 0 spiro atoms. The Morgan fingerprint density at radius 1 is 1.36 bits per heavy atom. The second kappa shape index (κ2) is 3.37. The van der Waals surface area contributed by atoms with Crippen molar-refractivity contribution in [2.75, 3.05) is 0 Å². The third-order valence-electron chi connectivity index (χ3n) is 1.34. The van der Waals surface area contributed by atoms with E-state index in [9.17, 15) is 9.59 Å². The highest BCUT2D eigenvalue weighted by atomic mass is 16.7. The van der Waals surface area contributed by atoms with Crippen LogP contribution in [-0.2, 0) is 19.1 Å². The molecule has 11 heavy (non-hydrogen) atoms. The van der Waals surface area contributed by atoms with Gasteiger partial charge in [-0.25, -0.2) is 0 Å².